The van der Waals surface area contributed by atoms with Crippen molar-refractivity contribution in [1.82, 2.24) is 9.80 Å². The molecule has 0 aromatic heterocycles. The van der Waals surface area contributed by atoms with Crippen molar-refractivity contribution < 1.29 is 38.4 Å². The number of ketones is 1. The Morgan fingerprint density at radius 3 is 1.87 bits per heavy atom. The summed E-state index contributed by atoms with van der Waals surface area (Å²) in [6.45, 7) is 5.52. The Bertz CT molecular complexity index is 1390. The van der Waals surface area contributed by atoms with E-state index in [9.17, 15) is 14.7 Å². The first-order chi connectivity index (χ1) is 18.6. The molecule has 1 fully saturated rings. The second-order valence-electron chi connectivity index (χ2n) is 10.3. The zero-order chi connectivity index (χ0) is 28.5. The van der Waals surface area contributed by atoms with E-state index in [2.05, 4.69) is 0 Å². The lowest BCUT2D eigenvalue weighted by molar-refractivity contribution is -0.153. The van der Waals surface area contributed by atoms with Gasteiger partial charge in [0.05, 0.1) is 59.2 Å². The Morgan fingerprint density at radius 2 is 1.33 bits per heavy atom. The van der Waals surface area contributed by atoms with Gasteiger partial charge in [0.25, 0.3) is 0 Å². The summed E-state index contributed by atoms with van der Waals surface area (Å²) in [6, 6.07) is -2.55. The SMILES string of the molecule is CC[C@H]1c2c(OC)c(OC)c(C)c(O)c2C(=O)C2C3c4c(c(OC)c(C)c(OC)c4OC)CC(C(=O)N21)N3C. The topological polar surface area (TPSA) is 107 Å². The van der Waals surface area contributed by atoms with Gasteiger partial charge in [0.2, 0.25) is 5.91 Å². The number of aromatic hydroxyl groups is 1. The predicted molar refractivity (Wildman–Crippen MR) is 143 cm³/mol. The van der Waals surface area contributed by atoms with E-state index in [1.54, 1.807) is 33.2 Å². The van der Waals surface area contributed by atoms with E-state index in [0.717, 1.165) is 16.7 Å². The summed E-state index contributed by atoms with van der Waals surface area (Å²) in [6.07, 6.45) is 0.879. The molecule has 10 nitrogen and oxygen atoms in total. The summed E-state index contributed by atoms with van der Waals surface area (Å²) >= 11 is 0. The van der Waals surface area contributed by atoms with Crippen molar-refractivity contribution in [3.8, 4) is 34.5 Å². The first-order valence-corrected chi connectivity index (χ1v) is 13.0. The molecule has 0 saturated carbocycles. The van der Waals surface area contributed by atoms with E-state index in [-0.39, 0.29) is 23.0 Å². The van der Waals surface area contributed by atoms with E-state index in [4.69, 9.17) is 23.7 Å². The number of piperazine rings is 1. The molecule has 0 radical (unpaired) electrons. The van der Waals surface area contributed by atoms with Gasteiger partial charge in [0.1, 0.15) is 17.5 Å². The van der Waals surface area contributed by atoms with Gasteiger partial charge in [-0.25, -0.2) is 0 Å². The molecule has 2 aromatic rings. The van der Waals surface area contributed by atoms with Crippen LogP contribution in [0.15, 0.2) is 0 Å². The molecule has 0 spiro atoms. The molecule has 3 aliphatic heterocycles. The number of nitrogens with zero attached hydrogens (tertiary/aromatic N) is 2. The largest absolute Gasteiger partial charge is 0.507 e. The van der Waals surface area contributed by atoms with Crippen molar-refractivity contribution in [2.75, 3.05) is 42.6 Å². The van der Waals surface area contributed by atoms with Gasteiger partial charge in [-0.15, -0.1) is 0 Å². The minimum Gasteiger partial charge on any atom is -0.507 e. The van der Waals surface area contributed by atoms with Gasteiger partial charge in [0, 0.05) is 34.2 Å². The highest BCUT2D eigenvalue weighted by Gasteiger charge is 2.59. The van der Waals surface area contributed by atoms with E-state index >= 15 is 0 Å². The van der Waals surface area contributed by atoms with Crippen molar-refractivity contribution >= 4 is 11.7 Å². The predicted octanol–water partition coefficient (Wildman–Crippen LogP) is 3.51. The number of carbonyl (C=O) groups is 2. The molecule has 1 saturated heterocycles. The smallest absolute Gasteiger partial charge is 0.241 e. The van der Waals surface area contributed by atoms with Crippen molar-refractivity contribution in [2.45, 2.75) is 57.8 Å². The van der Waals surface area contributed by atoms with E-state index in [1.807, 2.05) is 25.8 Å². The molecule has 3 heterocycles. The number of phenolic OH excluding ortho intramolecular Hbond substituents is 1. The molecule has 5 rings (SSSR count). The normalized spacial score (nSPS) is 23.6. The molecule has 0 aliphatic carbocycles. The Morgan fingerprint density at radius 1 is 0.795 bits per heavy atom. The molecule has 1 amide bonds. The second kappa shape index (κ2) is 9.51. The minimum atomic E-state index is -0.926. The number of Topliss-reactive ketones (excluding diaryl/α,β-unsaturated/α-hetero) is 1. The Balaban J connectivity index is 1.87. The number of hydrogen-bond acceptors (Lipinski definition) is 9. The Kier molecular flexibility index (Phi) is 6.57. The summed E-state index contributed by atoms with van der Waals surface area (Å²) in [5.41, 5.74) is 3.38. The number of fused-ring (bicyclic) bond motifs is 7. The molecule has 2 bridgehead atoms. The first-order valence-electron chi connectivity index (χ1n) is 13.0. The summed E-state index contributed by atoms with van der Waals surface area (Å²) in [4.78, 5) is 32.5. The Labute approximate surface area is 228 Å². The summed E-state index contributed by atoms with van der Waals surface area (Å²) in [7, 11) is 9.57. The van der Waals surface area contributed by atoms with Crippen LogP contribution in [0.1, 0.15) is 63.6 Å². The van der Waals surface area contributed by atoms with Crippen LogP contribution >= 0.6 is 0 Å². The molecule has 1 N–H and O–H groups in total. The molecule has 2 aromatic carbocycles. The average Bonchev–Trinajstić information content (AvgIpc) is 2.92. The molecule has 10 heteroatoms. The first kappa shape index (κ1) is 26.9. The van der Waals surface area contributed by atoms with Crippen LogP contribution in [0.5, 0.6) is 34.5 Å². The van der Waals surface area contributed by atoms with Crippen molar-refractivity contribution in [3.63, 3.8) is 0 Å². The highest BCUT2D eigenvalue weighted by atomic mass is 16.5. The van der Waals surface area contributed by atoms with Crippen LogP contribution in [0.25, 0.3) is 0 Å². The van der Waals surface area contributed by atoms with Crippen LogP contribution < -0.4 is 23.7 Å². The molecule has 4 atom stereocenters. The van der Waals surface area contributed by atoms with Gasteiger partial charge in [-0.3, -0.25) is 14.5 Å². The highest BCUT2D eigenvalue weighted by molar-refractivity contribution is 6.10. The zero-order valence-electron chi connectivity index (χ0n) is 23.9. The van der Waals surface area contributed by atoms with Gasteiger partial charge < -0.3 is 33.7 Å². The number of likely N-dealkylation sites (N-methyl/N-ethyl adjacent to an activating group) is 1. The Hall–Kier alpha value is -3.66. The van der Waals surface area contributed by atoms with Gasteiger partial charge in [-0.1, -0.05) is 6.92 Å². The second-order valence-corrected chi connectivity index (χ2v) is 10.3. The summed E-state index contributed by atoms with van der Waals surface area (Å²) in [5.74, 6) is 1.66. The molecule has 210 valence electrons. The summed E-state index contributed by atoms with van der Waals surface area (Å²) < 4.78 is 28.9. The zero-order valence-corrected chi connectivity index (χ0v) is 23.9. The monoisotopic (exact) mass is 540 g/mol. The van der Waals surface area contributed by atoms with E-state index < -0.39 is 24.2 Å². The van der Waals surface area contributed by atoms with Crippen molar-refractivity contribution in [2.24, 2.45) is 0 Å². The standard InChI is InChI=1S/C29H36N2O8/c1-10-15-18-19(22(32)12(2)25(36-6)28(18)39-9)23(33)21-20-17-14(11-16(30(20)4)29(34)31(15)21)24(35-5)13(3)26(37-7)27(17)38-8/h15-16,20-21,32H,10-11H2,1-9H3/t15-,16?,20?,21?/m0/s1. The van der Waals surface area contributed by atoms with Gasteiger partial charge >= 0.3 is 0 Å². The number of rotatable bonds is 6. The minimum absolute atomic E-state index is 0.161. The number of hydrogen-bond donors (Lipinski definition) is 1. The fourth-order valence-corrected chi connectivity index (χ4v) is 7.11. The third-order valence-electron chi connectivity index (χ3n) is 8.74. The summed E-state index contributed by atoms with van der Waals surface area (Å²) in [5, 5.41) is 11.4. The molecular formula is C29H36N2O8. The molecule has 3 aliphatic rings. The number of amides is 1. The van der Waals surface area contributed by atoms with Crippen LogP contribution in [0, 0.1) is 13.8 Å². The van der Waals surface area contributed by atoms with Crippen LogP contribution in [0.4, 0.5) is 0 Å². The van der Waals surface area contributed by atoms with Crippen LogP contribution in [-0.2, 0) is 11.2 Å². The number of benzene rings is 2. The molecule has 3 unspecified atom stereocenters. The maximum Gasteiger partial charge on any atom is 0.241 e. The molecular weight excluding hydrogens is 504 g/mol. The molecule has 39 heavy (non-hydrogen) atoms. The fraction of sp³-hybridized carbons (Fsp3) is 0.517. The van der Waals surface area contributed by atoms with Crippen LogP contribution in [0.3, 0.4) is 0 Å². The number of ether oxygens (including phenoxy) is 5. The van der Waals surface area contributed by atoms with Gasteiger partial charge in [-0.2, -0.15) is 0 Å². The third kappa shape index (κ3) is 3.30. The maximum atomic E-state index is 14.5. The maximum absolute atomic E-state index is 14.5. The number of carbonyl (C=O) groups excluding carboxylic acids is 2. The van der Waals surface area contributed by atoms with Crippen LogP contribution in [0.2, 0.25) is 0 Å². The number of methoxy groups -OCH3 is 5. The van der Waals surface area contributed by atoms with Gasteiger partial charge in [0.15, 0.2) is 28.8 Å². The van der Waals surface area contributed by atoms with E-state index in [1.165, 1.54) is 14.2 Å². The van der Waals surface area contributed by atoms with Crippen molar-refractivity contribution in [3.05, 3.63) is 33.4 Å². The van der Waals surface area contributed by atoms with Crippen molar-refractivity contribution in [1.29, 1.82) is 0 Å². The van der Waals surface area contributed by atoms with Gasteiger partial charge in [-0.05, 0) is 27.3 Å². The van der Waals surface area contributed by atoms with Crippen LogP contribution in [-0.4, -0.2) is 81.3 Å². The number of phenols is 1. The quantitative estimate of drug-likeness (QED) is 0.589. The fourth-order valence-electron chi connectivity index (χ4n) is 7.11. The third-order valence-corrected chi connectivity index (χ3v) is 8.74. The lowest BCUT2D eigenvalue weighted by atomic mass is 9.72. The lowest BCUT2D eigenvalue weighted by Crippen LogP contribution is -2.68. The van der Waals surface area contributed by atoms with E-state index in [0.29, 0.717) is 52.7 Å². The lowest BCUT2D eigenvalue weighted by Gasteiger charge is -2.56. The average molecular weight is 541 g/mol. The highest BCUT2D eigenvalue weighted by Crippen LogP contribution is 2.58.